The van der Waals surface area contributed by atoms with E-state index in [0.717, 1.165) is 19.3 Å². The van der Waals surface area contributed by atoms with Gasteiger partial charge in [0.25, 0.3) is 0 Å². The van der Waals surface area contributed by atoms with Gasteiger partial charge in [-0.25, -0.2) is 0 Å². The zero-order valence-electron chi connectivity index (χ0n) is 11.3. The Labute approximate surface area is 117 Å². The van der Waals surface area contributed by atoms with Gasteiger partial charge in [-0.15, -0.1) is 0 Å². The summed E-state index contributed by atoms with van der Waals surface area (Å²) >= 11 is 0. The van der Waals surface area contributed by atoms with Crippen molar-refractivity contribution < 1.29 is 31.2 Å². The van der Waals surface area contributed by atoms with Gasteiger partial charge in [-0.05, 0) is 37.0 Å². The molecule has 118 valence electrons. The van der Waals surface area contributed by atoms with E-state index in [2.05, 4.69) is 4.18 Å². The van der Waals surface area contributed by atoms with Crippen LogP contribution in [0.5, 0.6) is 0 Å². The van der Waals surface area contributed by atoms with Crippen LogP contribution in [0.2, 0.25) is 0 Å². The van der Waals surface area contributed by atoms with Crippen molar-refractivity contribution in [2.24, 2.45) is 17.8 Å². The first-order chi connectivity index (χ1) is 9.27. The van der Waals surface area contributed by atoms with Crippen molar-refractivity contribution in [3.8, 4) is 0 Å². The third-order valence-corrected chi connectivity index (χ3v) is 5.72. The van der Waals surface area contributed by atoms with E-state index >= 15 is 0 Å². The Kier molecular flexibility index (Phi) is 4.68. The first-order valence-electron chi connectivity index (χ1n) is 6.70. The van der Waals surface area contributed by atoms with Crippen LogP contribution in [-0.4, -0.2) is 45.2 Å². The Hall–Kier alpha value is -0.310. The van der Waals surface area contributed by atoms with Crippen molar-refractivity contribution in [3.05, 3.63) is 0 Å². The molecule has 0 radical (unpaired) electrons. The van der Waals surface area contributed by atoms with Gasteiger partial charge >= 0.3 is 15.4 Å². The quantitative estimate of drug-likeness (QED) is 0.719. The molecule has 0 spiro atoms. The molecule has 0 amide bonds. The normalized spacial score (nSPS) is 31.7. The SMILES string of the molecule is COS(=O)(=O)C(F)(F)COCC(O)C1CC2CCC1C2. The Bertz CT molecular complexity index is 439. The van der Waals surface area contributed by atoms with Crippen molar-refractivity contribution in [3.63, 3.8) is 0 Å². The second-order valence-corrected chi connectivity index (χ2v) is 7.52. The zero-order valence-corrected chi connectivity index (χ0v) is 12.1. The van der Waals surface area contributed by atoms with Crippen molar-refractivity contribution in [1.82, 2.24) is 0 Å². The van der Waals surface area contributed by atoms with Gasteiger partial charge in [0.15, 0.2) is 0 Å². The summed E-state index contributed by atoms with van der Waals surface area (Å²) in [6, 6.07) is 0. The first-order valence-corrected chi connectivity index (χ1v) is 8.11. The minimum atomic E-state index is -4.96. The molecular formula is C12H20F2O5S. The molecule has 0 aromatic carbocycles. The van der Waals surface area contributed by atoms with Gasteiger partial charge in [0.05, 0.1) is 19.8 Å². The fraction of sp³-hybridized carbons (Fsp3) is 1.00. The number of hydrogen-bond acceptors (Lipinski definition) is 5. The fourth-order valence-corrected chi connectivity index (χ4v) is 3.85. The van der Waals surface area contributed by atoms with Gasteiger partial charge in [-0.1, -0.05) is 6.42 Å². The molecule has 8 heteroatoms. The molecule has 0 aliphatic heterocycles. The summed E-state index contributed by atoms with van der Waals surface area (Å²) in [5.74, 6) is 1.16. The van der Waals surface area contributed by atoms with Gasteiger partial charge in [-0.3, -0.25) is 4.18 Å². The second-order valence-electron chi connectivity index (χ2n) is 5.68. The smallest absolute Gasteiger partial charge is 0.390 e. The number of rotatable bonds is 7. The molecule has 0 aromatic heterocycles. The van der Waals surface area contributed by atoms with Gasteiger partial charge in [-0.2, -0.15) is 17.2 Å². The van der Waals surface area contributed by atoms with Crippen molar-refractivity contribution in [2.75, 3.05) is 20.3 Å². The predicted molar refractivity (Wildman–Crippen MR) is 66.6 cm³/mol. The largest absolute Gasteiger partial charge is 0.392 e. The number of fused-ring (bicyclic) bond motifs is 2. The van der Waals surface area contributed by atoms with Crippen molar-refractivity contribution >= 4 is 10.1 Å². The van der Waals surface area contributed by atoms with Crippen LogP contribution in [0.4, 0.5) is 8.78 Å². The summed E-state index contributed by atoms with van der Waals surface area (Å²) in [5.41, 5.74) is 0. The minimum absolute atomic E-state index is 0.0846. The highest BCUT2D eigenvalue weighted by atomic mass is 32.2. The average Bonchev–Trinajstić information content (AvgIpc) is 3.00. The van der Waals surface area contributed by atoms with Crippen LogP contribution < -0.4 is 0 Å². The van der Waals surface area contributed by atoms with Crippen LogP contribution in [-0.2, 0) is 19.0 Å². The maximum Gasteiger partial charge on any atom is 0.392 e. The van der Waals surface area contributed by atoms with Gasteiger partial charge < -0.3 is 9.84 Å². The number of halogens is 2. The summed E-state index contributed by atoms with van der Waals surface area (Å²) < 4.78 is 56.9. The molecule has 2 aliphatic rings. The van der Waals surface area contributed by atoms with E-state index in [4.69, 9.17) is 4.74 Å². The zero-order chi connectivity index (χ0) is 15.0. The Morgan fingerprint density at radius 1 is 1.35 bits per heavy atom. The van der Waals surface area contributed by atoms with Crippen LogP contribution >= 0.6 is 0 Å². The molecular weight excluding hydrogens is 294 g/mol. The van der Waals surface area contributed by atoms with Gasteiger partial charge in [0, 0.05) is 0 Å². The second kappa shape index (κ2) is 5.82. The van der Waals surface area contributed by atoms with Crippen LogP contribution in [0.25, 0.3) is 0 Å². The summed E-state index contributed by atoms with van der Waals surface area (Å²) in [7, 11) is -4.29. The third-order valence-electron chi connectivity index (χ3n) is 4.43. The highest BCUT2D eigenvalue weighted by molar-refractivity contribution is 7.87. The van der Waals surface area contributed by atoms with E-state index < -0.39 is 28.1 Å². The highest BCUT2D eigenvalue weighted by Gasteiger charge is 2.47. The molecule has 4 unspecified atom stereocenters. The topological polar surface area (TPSA) is 72.8 Å². The minimum Gasteiger partial charge on any atom is -0.390 e. The van der Waals surface area contributed by atoms with E-state index in [1.54, 1.807) is 0 Å². The van der Waals surface area contributed by atoms with E-state index in [0.29, 0.717) is 18.9 Å². The fourth-order valence-electron chi connectivity index (χ4n) is 3.38. The molecule has 0 saturated heterocycles. The lowest BCUT2D eigenvalue weighted by atomic mass is 9.85. The molecule has 5 nitrogen and oxygen atoms in total. The lowest BCUT2D eigenvalue weighted by molar-refractivity contribution is -0.0631. The van der Waals surface area contributed by atoms with Crippen molar-refractivity contribution in [2.45, 2.75) is 37.0 Å². The highest BCUT2D eigenvalue weighted by Crippen LogP contribution is 2.49. The predicted octanol–water partition coefficient (Wildman–Crippen LogP) is 1.37. The summed E-state index contributed by atoms with van der Waals surface area (Å²) in [6.45, 7) is -1.58. The van der Waals surface area contributed by atoms with Crippen molar-refractivity contribution in [1.29, 1.82) is 0 Å². The Morgan fingerprint density at radius 2 is 2.05 bits per heavy atom. The molecule has 2 rings (SSSR count). The maximum atomic E-state index is 13.3. The number of aliphatic hydroxyl groups excluding tert-OH is 1. The first kappa shape index (κ1) is 16.1. The summed E-state index contributed by atoms with van der Waals surface area (Å²) in [4.78, 5) is 0. The number of ether oxygens (including phenoxy) is 1. The van der Waals surface area contributed by atoms with E-state index in [1.165, 1.54) is 6.42 Å². The van der Waals surface area contributed by atoms with Gasteiger partial charge in [0.2, 0.25) is 0 Å². The van der Waals surface area contributed by atoms with E-state index in [9.17, 15) is 22.3 Å². The molecule has 1 N–H and O–H groups in total. The lowest BCUT2D eigenvalue weighted by Crippen LogP contribution is -2.37. The average molecular weight is 314 g/mol. The Balaban J connectivity index is 1.78. The maximum absolute atomic E-state index is 13.3. The lowest BCUT2D eigenvalue weighted by Gasteiger charge is -2.27. The van der Waals surface area contributed by atoms with Crippen LogP contribution in [0.1, 0.15) is 25.7 Å². The molecule has 2 fully saturated rings. The number of aliphatic hydroxyl groups is 1. The third kappa shape index (κ3) is 3.13. The molecule has 0 heterocycles. The van der Waals surface area contributed by atoms with E-state index in [1.807, 2.05) is 0 Å². The van der Waals surface area contributed by atoms with Gasteiger partial charge in [0.1, 0.15) is 6.61 Å². The standard InChI is InChI=1S/C12H20F2O5S/c1-18-20(16,17)12(13,14)7-19-6-11(15)10-5-8-2-3-9(10)4-8/h8-11,15H,2-7H2,1H3. The molecule has 20 heavy (non-hydrogen) atoms. The van der Waals surface area contributed by atoms with Crippen LogP contribution in [0, 0.1) is 17.8 Å². The monoisotopic (exact) mass is 314 g/mol. The number of hydrogen-bond donors (Lipinski definition) is 1. The van der Waals surface area contributed by atoms with Crippen LogP contribution in [0.3, 0.4) is 0 Å². The molecule has 2 bridgehead atoms. The molecule has 4 atom stereocenters. The number of alkyl halides is 2. The Morgan fingerprint density at radius 3 is 2.55 bits per heavy atom. The van der Waals surface area contributed by atoms with Crippen LogP contribution in [0.15, 0.2) is 0 Å². The molecule has 2 aliphatic carbocycles. The molecule has 0 aromatic rings. The summed E-state index contributed by atoms with van der Waals surface area (Å²) in [6.07, 6.45) is 3.43. The van der Waals surface area contributed by atoms with E-state index in [-0.39, 0.29) is 12.5 Å². The molecule has 2 saturated carbocycles. The summed E-state index contributed by atoms with van der Waals surface area (Å²) in [5, 5.41) is 5.88.